The van der Waals surface area contributed by atoms with Crippen LogP contribution in [0, 0.1) is 5.82 Å². The van der Waals surface area contributed by atoms with Gasteiger partial charge in [0.25, 0.3) is 5.91 Å². The summed E-state index contributed by atoms with van der Waals surface area (Å²) in [7, 11) is 0. The van der Waals surface area contributed by atoms with Crippen LogP contribution >= 0.6 is 24.0 Å². The number of hydrogen-bond acceptors (Lipinski definition) is 4. The van der Waals surface area contributed by atoms with Crippen molar-refractivity contribution >= 4 is 35.8 Å². The van der Waals surface area contributed by atoms with E-state index in [1.165, 1.54) is 18.4 Å². The molecule has 0 saturated carbocycles. The Labute approximate surface area is 211 Å². The van der Waals surface area contributed by atoms with E-state index >= 15 is 0 Å². The first-order chi connectivity index (χ1) is 15.6. The van der Waals surface area contributed by atoms with E-state index in [1.807, 2.05) is 17.0 Å². The molecule has 1 amide bonds. The fourth-order valence-corrected chi connectivity index (χ4v) is 4.43. The predicted molar refractivity (Wildman–Crippen MR) is 136 cm³/mol. The predicted octanol–water partition coefficient (Wildman–Crippen LogP) is 3.51. The minimum absolute atomic E-state index is 0. The summed E-state index contributed by atoms with van der Waals surface area (Å²) < 4.78 is 24.4. The van der Waals surface area contributed by atoms with E-state index in [2.05, 4.69) is 17.1 Å². The lowest BCUT2D eigenvalue weighted by atomic mass is 9.74. The van der Waals surface area contributed by atoms with Crippen LogP contribution in [0.2, 0.25) is 0 Å². The lowest BCUT2D eigenvalue weighted by Gasteiger charge is -2.39. The molecular formula is C24H32FIN4O3. The highest BCUT2D eigenvalue weighted by atomic mass is 127. The van der Waals surface area contributed by atoms with Crippen LogP contribution < -0.4 is 5.32 Å². The summed E-state index contributed by atoms with van der Waals surface area (Å²) in [6.45, 7) is 7.40. The van der Waals surface area contributed by atoms with Gasteiger partial charge in [0, 0.05) is 51.4 Å². The molecule has 1 aromatic heterocycles. The maximum atomic E-state index is 13.5. The first-order valence-corrected chi connectivity index (χ1v) is 11.3. The Bertz CT molecular complexity index is 906. The first kappa shape index (κ1) is 25.5. The van der Waals surface area contributed by atoms with E-state index < -0.39 is 0 Å². The highest BCUT2D eigenvalue weighted by Gasteiger charge is 2.35. The summed E-state index contributed by atoms with van der Waals surface area (Å²) in [6, 6.07) is 10.2. The molecule has 0 aliphatic carbocycles. The van der Waals surface area contributed by atoms with Crippen LogP contribution in [0.1, 0.15) is 35.9 Å². The fraction of sp³-hybridized carbons (Fsp3) is 0.500. The maximum absolute atomic E-state index is 13.5. The third-order valence-corrected chi connectivity index (χ3v) is 6.37. The number of carbonyl (C=O) groups excluding carboxylic acids is 1. The topological polar surface area (TPSA) is 70.3 Å². The van der Waals surface area contributed by atoms with Gasteiger partial charge in [-0.3, -0.25) is 9.79 Å². The van der Waals surface area contributed by atoms with Crippen LogP contribution in [0.25, 0.3) is 0 Å². The second-order valence-corrected chi connectivity index (χ2v) is 8.33. The standard InChI is InChI=1S/C24H31FN4O3.HI/c1-2-26-23(29-13-11-28(12-14-29)22(30)21-4-3-15-32-21)27-18-24(9-16-31-17-10-24)19-5-7-20(25)8-6-19;/h3-8,15H,2,9-14,16-18H2,1H3,(H,26,27);1H. The molecule has 2 aliphatic heterocycles. The van der Waals surface area contributed by atoms with Crippen molar-refractivity contribution in [1.82, 2.24) is 15.1 Å². The number of rotatable bonds is 5. The Balaban J connectivity index is 0.00000306. The maximum Gasteiger partial charge on any atom is 0.289 e. The van der Waals surface area contributed by atoms with Gasteiger partial charge >= 0.3 is 0 Å². The number of piperazine rings is 1. The van der Waals surface area contributed by atoms with Gasteiger partial charge in [0.05, 0.1) is 12.8 Å². The van der Waals surface area contributed by atoms with E-state index in [1.54, 1.807) is 12.1 Å². The summed E-state index contributed by atoms with van der Waals surface area (Å²) in [5.41, 5.74) is 0.944. The molecule has 180 valence electrons. The Morgan fingerprint density at radius 1 is 1.09 bits per heavy atom. The average Bonchev–Trinajstić information content (AvgIpc) is 3.37. The summed E-state index contributed by atoms with van der Waals surface area (Å²) >= 11 is 0. The molecule has 1 aromatic carbocycles. The van der Waals surface area contributed by atoms with Crippen LogP contribution in [-0.2, 0) is 10.2 Å². The molecule has 9 heteroatoms. The quantitative estimate of drug-likeness (QED) is 0.339. The summed E-state index contributed by atoms with van der Waals surface area (Å²) in [6.07, 6.45) is 3.23. The van der Waals surface area contributed by atoms with E-state index in [0.29, 0.717) is 51.7 Å². The van der Waals surface area contributed by atoms with Crippen molar-refractivity contribution < 1.29 is 18.3 Å². The van der Waals surface area contributed by atoms with E-state index in [0.717, 1.165) is 30.9 Å². The minimum Gasteiger partial charge on any atom is -0.459 e. The van der Waals surface area contributed by atoms with Crippen molar-refractivity contribution in [2.24, 2.45) is 4.99 Å². The van der Waals surface area contributed by atoms with Crippen molar-refractivity contribution in [3.63, 3.8) is 0 Å². The van der Waals surface area contributed by atoms with Crippen LogP contribution in [0.5, 0.6) is 0 Å². The SMILES string of the molecule is CCNC(=NCC1(c2ccc(F)cc2)CCOCC1)N1CCN(C(=O)c2ccco2)CC1.I. The Morgan fingerprint density at radius 2 is 1.76 bits per heavy atom. The van der Waals surface area contributed by atoms with Gasteiger partial charge in [-0.1, -0.05) is 12.1 Å². The van der Waals surface area contributed by atoms with Crippen LogP contribution in [0.4, 0.5) is 4.39 Å². The summed E-state index contributed by atoms with van der Waals surface area (Å²) in [5.74, 6) is 0.925. The number of nitrogens with zero attached hydrogens (tertiary/aromatic N) is 3. The van der Waals surface area contributed by atoms with Crippen molar-refractivity contribution in [3.05, 3.63) is 59.8 Å². The molecule has 2 aliphatic rings. The number of amides is 1. The summed E-state index contributed by atoms with van der Waals surface area (Å²) in [4.78, 5) is 21.6. The molecule has 0 bridgehead atoms. The molecule has 0 radical (unpaired) electrons. The zero-order valence-corrected chi connectivity index (χ0v) is 21.3. The zero-order valence-electron chi connectivity index (χ0n) is 19.0. The van der Waals surface area contributed by atoms with E-state index in [-0.39, 0.29) is 41.1 Å². The zero-order chi connectivity index (χ0) is 22.4. The monoisotopic (exact) mass is 570 g/mol. The highest BCUT2D eigenvalue weighted by molar-refractivity contribution is 14.0. The van der Waals surface area contributed by atoms with E-state index in [4.69, 9.17) is 14.1 Å². The molecular weight excluding hydrogens is 538 g/mol. The van der Waals surface area contributed by atoms with Gasteiger partial charge in [0.1, 0.15) is 5.82 Å². The Kier molecular flexibility index (Phi) is 9.13. The van der Waals surface area contributed by atoms with Gasteiger partial charge in [-0.05, 0) is 49.6 Å². The number of aliphatic imine (C=N–C) groups is 1. The largest absolute Gasteiger partial charge is 0.459 e. The lowest BCUT2D eigenvalue weighted by molar-refractivity contribution is 0.0529. The molecule has 2 aromatic rings. The van der Waals surface area contributed by atoms with Crippen molar-refractivity contribution in [2.75, 3.05) is 52.5 Å². The molecule has 3 heterocycles. The van der Waals surface area contributed by atoms with Gasteiger partial charge in [0.15, 0.2) is 11.7 Å². The number of ether oxygens (including phenoxy) is 1. The fourth-order valence-electron chi connectivity index (χ4n) is 4.43. The van der Waals surface area contributed by atoms with Crippen LogP contribution in [0.15, 0.2) is 52.1 Å². The molecule has 7 nitrogen and oxygen atoms in total. The van der Waals surface area contributed by atoms with Gasteiger partial charge in [0.2, 0.25) is 0 Å². The average molecular weight is 570 g/mol. The number of carbonyl (C=O) groups is 1. The highest BCUT2D eigenvalue weighted by Crippen LogP contribution is 2.35. The van der Waals surface area contributed by atoms with Gasteiger partial charge < -0.3 is 24.3 Å². The number of benzene rings is 1. The number of guanidine groups is 1. The van der Waals surface area contributed by atoms with Crippen molar-refractivity contribution in [3.8, 4) is 0 Å². The number of hydrogen-bond donors (Lipinski definition) is 1. The molecule has 0 atom stereocenters. The molecule has 0 unspecified atom stereocenters. The van der Waals surface area contributed by atoms with Crippen molar-refractivity contribution in [2.45, 2.75) is 25.2 Å². The molecule has 0 spiro atoms. The normalized spacial score (nSPS) is 18.5. The van der Waals surface area contributed by atoms with Gasteiger partial charge in [-0.2, -0.15) is 0 Å². The van der Waals surface area contributed by atoms with Crippen molar-refractivity contribution in [1.29, 1.82) is 0 Å². The molecule has 33 heavy (non-hydrogen) atoms. The third-order valence-electron chi connectivity index (χ3n) is 6.37. The first-order valence-electron chi connectivity index (χ1n) is 11.3. The molecule has 4 rings (SSSR count). The Hall–Kier alpha value is -2.14. The Morgan fingerprint density at radius 3 is 2.36 bits per heavy atom. The second-order valence-electron chi connectivity index (χ2n) is 8.33. The van der Waals surface area contributed by atoms with Gasteiger partial charge in [-0.25, -0.2) is 4.39 Å². The second kappa shape index (κ2) is 11.8. The van der Waals surface area contributed by atoms with Crippen LogP contribution in [0.3, 0.4) is 0 Å². The van der Waals surface area contributed by atoms with E-state index in [9.17, 15) is 9.18 Å². The number of halogens is 2. The molecule has 2 saturated heterocycles. The smallest absolute Gasteiger partial charge is 0.289 e. The molecule has 1 N–H and O–H groups in total. The molecule has 2 fully saturated rings. The number of furan rings is 1. The van der Waals surface area contributed by atoms with Crippen LogP contribution in [-0.4, -0.2) is 74.1 Å². The third kappa shape index (κ3) is 6.06. The minimum atomic E-state index is -0.227. The number of nitrogens with one attached hydrogen (secondary N) is 1. The summed E-state index contributed by atoms with van der Waals surface area (Å²) in [5, 5.41) is 3.40. The lowest BCUT2D eigenvalue weighted by Crippen LogP contribution is -2.54. The van der Waals surface area contributed by atoms with Gasteiger partial charge in [-0.15, -0.1) is 24.0 Å².